The topological polar surface area (TPSA) is 24.1 Å². The summed E-state index contributed by atoms with van der Waals surface area (Å²) in [6.45, 7) is 9.23. The van der Waals surface area contributed by atoms with Crippen molar-refractivity contribution in [2.75, 3.05) is 26.2 Å². The van der Waals surface area contributed by atoms with Crippen LogP contribution in [0.1, 0.15) is 58.8 Å². The smallest absolute Gasteiger partial charge is 0.00368 e. The van der Waals surface area contributed by atoms with Gasteiger partial charge in [0.1, 0.15) is 0 Å². The minimum atomic E-state index is 1.17. The van der Waals surface area contributed by atoms with Gasteiger partial charge in [-0.05, 0) is 45.4 Å². The average Bonchev–Trinajstić information content (AvgIpc) is 2.26. The highest BCUT2D eigenvalue weighted by Crippen LogP contribution is 1.96. The molecule has 0 aliphatic rings. The van der Waals surface area contributed by atoms with Crippen molar-refractivity contribution in [3.8, 4) is 0 Å². The molecule has 0 radical (unpaired) electrons. The van der Waals surface area contributed by atoms with Gasteiger partial charge >= 0.3 is 0 Å². The summed E-state index contributed by atoms with van der Waals surface area (Å²) < 4.78 is 0. The molecule has 0 amide bonds. The quantitative estimate of drug-likeness (QED) is 0.488. The van der Waals surface area contributed by atoms with Crippen molar-refractivity contribution in [2.24, 2.45) is 0 Å². The first kappa shape index (κ1) is 14.9. The number of rotatable bonds is 12. The van der Waals surface area contributed by atoms with Crippen molar-refractivity contribution in [3.05, 3.63) is 0 Å². The Morgan fingerprint density at radius 3 is 1.67 bits per heavy atom. The van der Waals surface area contributed by atoms with Gasteiger partial charge in [0.15, 0.2) is 0 Å². The zero-order valence-electron chi connectivity index (χ0n) is 10.8. The van der Waals surface area contributed by atoms with Crippen LogP contribution in [0.5, 0.6) is 0 Å². The summed E-state index contributed by atoms with van der Waals surface area (Å²) in [7, 11) is 0. The summed E-state index contributed by atoms with van der Waals surface area (Å²) >= 11 is 0. The van der Waals surface area contributed by atoms with Crippen LogP contribution in [0.4, 0.5) is 0 Å². The van der Waals surface area contributed by atoms with Gasteiger partial charge < -0.3 is 10.6 Å². The molecule has 0 saturated heterocycles. The predicted octanol–water partition coefficient (Wildman–Crippen LogP) is 2.94. The first-order chi connectivity index (χ1) is 7.41. The summed E-state index contributed by atoms with van der Waals surface area (Å²) in [5.74, 6) is 0. The van der Waals surface area contributed by atoms with Crippen molar-refractivity contribution in [1.82, 2.24) is 10.6 Å². The largest absolute Gasteiger partial charge is 0.317 e. The van der Waals surface area contributed by atoms with Gasteiger partial charge in [-0.3, -0.25) is 0 Å². The summed E-state index contributed by atoms with van der Waals surface area (Å²) in [6.07, 6.45) is 9.32. The molecule has 0 atom stereocenters. The van der Waals surface area contributed by atoms with E-state index in [0.29, 0.717) is 0 Å². The van der Waals surface area contributed by atoms with Crippen LogP contribution in [0, 0.1) is 0 Å². The minimum Gasteiger partial charge on any atom is -0.317 e. The van der Waals surface area contributed by atoms with E-state index < -0.39 is 0 Å². The standard InChI is InChI=1S/C13H30N2/c1-3-5-7-8-11-15-13-9-12-14-10-6-4-2/h14-15H,3-13H2,1-2H3. The third-order valence-electron chi connectivity index (χ3n) is 2.62. The summed E-state index contributed by atoms with van der Waals surface area (Å²) in [5, 5.41) is 6.95. The van der Waals surface area contributed by atoms with Crippen molar-refractivity contribution >= 4 is 0 Å². The van der Waals surface area contributed by atoms with Crippen LogP contribution < -0.4 is 10.6 Å². The summed E-state index contributed by atoms with van der Waals surface area (Å²) in [6, 6.07) is 0. The van der Waals surface area contributed by atoms with Crippen LogP contribution in [-0.2, 0) is 0 Å². The van der Waals surface area contributed by atoms with E-state index in [-0.39, 0.29) is 0 Å². The lowest BCUT2D eigenvalue weighted by Gasteiger charge is -2.05. The third kappa shape index (κ3) is 13.9. The Labute approximate surface area is 96.2 Å². The Morgan fingerprint density at radius 2 is 1.07 bits per heavy atom. The maximum Gasteiger partial charge on any atom is -0.00368 e. The van der Waals surface area contributed by atoms with Crippen molar-refractivity contribution in [2.45, 2.75) is 58.8 Å². The second kappa shape index (κ2) is 13.9. The molecule has 0 unspecified atom stereocenters. The molecule has 92 valence electrons. The van der Waals surface area contributed by atoms with E-state index in [1.54, 1.807) is 0 Å². The molecular formula is C13H30N2. The van der Waals surface area contributed by atoms with E-state index in [1.165, 1.54) is 71.1 Å². The van der Waals surface area contributed by atoms with Gasteiger partial charge in [0, 0.05) is 0 Å². The Hall–Kier alpha value is -0.0800. The van der Waals surface area contributed by atoms with Crippen molar-refractivity contribution in [3.63, 3.8) is 0 Å². The van der Waals surface area contributed by atoms with Gasteiger partial charge in [-0.1, -0.05) is 39.5 Å². The number of unbranched alkanes of at least 4 members (excludes halogenated alkanes) is 4. The fourth-order valence-corrected chi connectivity index (χ4v) is 1.57. The Morgan fingerprint density at radius 1 is 0.533 bits per heavy atom. The van der Waals surface area contributed by atoms with E-state index in [0.717, 1.165) is 0 Å². The van der Waals surface area contributed by atoms with E-state index in [1.807, 2.05) is 0 Å². The van der Waals surface area contributed by atoms with Crippen LogP contribution in [0.3, 0.4) is 0 Å². The van der Waals surface area contributed by atoms with Gasteiger partial charge in [-0.25, -0.2) is 0 Å². The minimum absolute atomic E-state index is 1.17. The molecule has 0 fully saturated rings. The first-order valence-corrected chi connectivity index (χ1v) is 6.83. The number of hydrogen-bond donors (Lipinski definition) is 2. The molecule has 0 aliphatic carbocycles. The maximum atomic E-state index is 3.50. The lowest BCUT2D eigenvalue weighted by molar-refractivity contribution is 0.559. The zero-order chi connectivity index (χ0) is 11.2. The Kier molecular flexibility index (Phi) is 13.8. The molecular weight excluding hydrogens is 184 g/mol. The number of nitrogens with one attached hydrogen (secondary N) is 2. The summed E-state index contributed by atoms with van der Waals surface area (Å²) in [4.78, 5) is 0. The van der Waals surface area contributed by atoms with Crippen LogP contribution >= 0.6 is 0 Å². The van der Waals surface area contributed by atoms with Gasteiger partial charge in [-0.15, -0.1) is 0 Å². The second-order valence-corrected chi connectivity index (χ2v) is 4.27. The Balaban J connectivity index is 2.81. The number of hydrogen-bond acceptors (Lipinski definition) is 2. The maximum absolute atomic E-state index is 3.50. The van der Waals surface area contributed by atoms with E-state index in [2.05, 4.69) is 24.5 Å². The van der Waals surface area contributed by atoms with Gasteiger partial charge in [0.05, 0.1) is 0 Å². The van der Waals surface area contributed by atoms with Gasteiger partial charge in [-0.2, -0.15) is 0 Å². The molecule has 2 N–H and O–H groups in total. The molecule has 0 aromatic carbocycles. The van der Waals surface area contributed by atoms with Crippen LogP contribution in [0.25, 0.3) is 0 Å². The monoisotopic (exact) mass is 214 g/mol. The zero-order valence-corrected chi connectivity index (χ0v) is 10.8. The van der Waals surface area contributed by atoms with Crippen LogP contribution in [0.2, 0.25) is 0 Å². The lowest BCUT2D eigenvalue weighted by atomic mass is 10.2. The molecule has 0 aromatic heterocycles. The molecule has 0 saturated carbocycles. The predicted molar refractivity (Wildman–Crippen MR) is 69.4 cm³/mol. The third-order valence-corrected chi connectivity index (χ3v) is 2.62. The molecule has 2 heteroatoms. The summed E-state index contributed by atoms with van der Waals surface area (Å²) in [5.41, 5.74) is 0. The fraction of sp³-hybridized carbons (Fsp3) is 1.00. The molecule has 0 rings (SSSR count). The Bertz CT molecular complexity index is 92.7. The SMILES string of the molecule is CCCCCCNCCCNCCCC. The van der Waals surface area contributed by atoms with E-state index in [4.69, 9.17) is 0 Å². The molecule has 0 bridgehead atoms. The van der Waals surface area contributed by atoms with Crippen LogP contribution in [-0.4, -0.2) is 26.2 Å². The highest BCUT2D eigenvalue weighted by Gasteiger charge is 1.89. The highest BCUT2D eigenvalue weighted by molar-refractivity contribution is 4.52. The molecule has 15 heavy (non-hydrogen) atoms. The van der Waals surface area contributed by atoms with Gasteiger partial charge in [0.2, 0.25) is 0 Å². The van der Waals surface area contributed by atoms with E-state index in [9.17, 15) is 0 Å². The van der Waals surface area contributed by atoms with Gasteiger partial charge in [0.25, 0.3) is 0 Å². The molecule has 2 nitrogen and oxygen atoms in total. The normalized spacial score (nSPS) is 10.8. The first-order valence-electron chi connectivity index (χ1n) is 6.83. The molecule has 0 aliphatic heterocycles. The highest BCUT2D eigenvalue weighted by atomic mass is 14.9. The van der Waals surface area contributed by atoms with Crippen LogP contribution in [0.15, 0.2) is 0 Å². The van der Waals surface area contributed by atoms with Crippen molar-refractivity contribution in [1.29, 1.82) is 0 Å². The lowest BCUT2D eigenvalue weighted by Crippen LogP contribution is -2.23. The second-order valence-electron chi connectivity index (χ2n) is 4.27. The van der Waals surface area contributed by atoms with Crippen molar-refractivity contribution < 1.29 is 0 Å². The van der Waals surface area contributed by atoms with E-state index >= 15 is 0 Å². The molecule has 0 aromatic rings. The molecule has 0 heterocycles. The fourth-order valence-electron chi connectivity index (χ4n) is 1.57. The molecule has 0 spiro atoms. The average molecular weight is 214 g/mol.